The molecule has 0 saturated carbocycles. The number of nitrogens with zero attached hydrogens (tertiary/aromatic N) is 4. The second kappa shape index (κ2) is 14.8. The molecule has 0 radical (unpaired) electrons. The summed E-state index contributed by atoms with van der Waals surface area (Å²) in [5.74, 6) is 1.80. The van der Waals surface area contributed by atoms with Crippen molar-refractivity contribution in [3.8, 4) is 5.69 Å². The van der Waals surface area contributed by atoms with E-state index in [0.29, 0.717) is 0 Å². The van der Waals surface area contributed by atoms with E-state index < -0.39 is 0 Å². The summed E-state index contributed by atoms with van der Waals surface area (Å²) in [7, 11) is 0. The van der Waals surface area contributed by atoms with Gasteiger partial charge in [0.05, 0.1) is 16.6 Å². The molecule has 7 aromatic carbocycles. The average molecular weight is 848 g/mol. The molecule has 0 saturated heterocycles. The van der Waals surface area contributed by atoms with Crippen LogP contribution in [0.2, 0.25) is 0 Å². The first-order valence-electron chi connectivity index (χ1n) is 23.5. The molecule has 5 aliphatic rings. The molecule has 1 aliphatic heterocycles. The van der Waals surface area contributed by atoms with Crippen molar-refractivity contribution >= 4 is 78.8 Å². The Bertz CT molecular complexity index is 3880. The van der Waals surface area contributed by atoms with Gasteiger partial charge in [0, 0.05) is 61.2 Å². The standard InChI is InChI=1S/C61H45N5/c1-2-17-39(18-3-1)59-62-60(42-32-33-44-41(36-42)31-30-38-16-4-6-20-43(38)44)64-61(63-59)50-34-35-55(47-23-9-8-22-46(47)50)65-54-29-15-12-26-51(54)57-56(65)37-40-19-5-7-21-45(40)58(57)66-52-27-13-10-24-48(52)49-25-11-14-28-53(49)66/h1-13,16-20,22-27,30-37,45,60H,14-15,21,28-29H2,(H,62,63,64). The fraction of sp³-hybridized carbons (Fsp3) is 0.115. The number of rotatable bonds is 5. The number of allylic oxidation sites excluding steroid dienone is 6. The van der Waals surface area contributed by atoms with Gasteiger partial charge in [0.1, 0.15) is 12.0 Å². The van der Waals surface area contributed by atoms with Crippen molar-refractivity contribution in [1.29, 1.82) is 0 Å². The van der Waals surface area contributed by atoms with Crippen LogP contribution in [-0.2, 0) is 12.8 Å². The van der Waals surface area contributed by atoms with Crippen LogP contribution in [-0.4, -0.2) is 20.8 Å². The molecule has 4 aliphatic carbocycles. The van der Waals surface area contributed by atoms with Gasteiger partial charge in [0.15, 0.2) is 5.84 Å². The molecule has 3 heterocycles. The Labute approximate surface area is 382 Å². The van der Waals surface area contributed by atoms with Crippen LogP contribution in [0, 0.1) is 5.92 Å². The van der Waals surface area contributed by atoms with Crippen molar-refractivity contribution in [2.45, 2.75) is 38.3 Å². The molecule has 5 heteroatoms. The van der Waals surface area contributed by atoms with Crippen LogP contribution >= 0.6 is 0 Å². The first kappa shape index (κ1) is 37.4. The number of nitrogens with one attached hydrogen (secondary N) is 1. The van der Waals surface area contributed by atoms with Crippen LogP contribution in [0.3, 0.4) is 0 Å². The van der Waals surface area contributed by atoms with E-state index in [4.69, 9.17) is 9.98 Å². The summed E-state index contributed by atoms with van der Waals surface area (Å²) in [6, 6.07) is 52.8. The molecule has 2 unspecified atom stereocenters. The number of fused-ring (bicyclic) bond motifs is 11. The number of para-hydroxylation sites is 1. The minimum Gasteiger partial charge on any atom is -0.344 e. The maximum Gasteiger partial charge on any atom is 0.159 e. The zero-order chi connectivity index (χ0) is 43.3. The highest BCUT2D eigenvalue weighted by atomic mass is 15.2. The number of aromatic nitrogens is 2. The molecular formula is C61H45N5. The minimum atomic E-state index is -0.336. The lowest BCUT2D eigenvalue weighted by molar-refractivity contribution is 0.675. The highest BCUT2D eigenvalue weighted by Gasteiger charge is 2.33. The van der Waals surface area contributed by atoms with Gasteiger partial charge in [0.25, 0.3) is 0 Å². The maximum atomic E-state index is 5.34. The second-order valence-electron chi connectivity index (χ2n) is 18.2. The predicted octanol–water partition coefficient (Wildman–Crippen LogP) is 12.3. The molecule has 66 heavy (non-hydrogen) atoms. The van der Waals surface area contributed by atoms with Gasteiger partial charge in [-0.05, 0) is 101 Å². The quantitative estimate of drug-likeness (QED) is 0.172. The molecule has 14 rings (SSSR count). The number of hydrogen-bond acceptors (Lipinski definition) is 3. The molecule has 0 spiro atoms. The third-order valence-electron chi connectivity index (χ3n) is 14.6. The minimum absolute atomic E-state index is 0.258. The molecule has 2 atom stereocenters. The summed E-state index contributed by atoms with van der Waals surface area (Å²) in [4.78, 5) is 10.6. The molecule has 1 N–H and O–H groups in total. The average Bonchev–Trinajstić information content (AvgIpc) is 3.90. The Morgan fingerprint density at radius 1 is 0.591 bits per heavy atom. The predicted molar refractivity (Wildman–Crippen MR) is 275 cm³/mol. The van der Waals surface area contributed by atoms with E-state index >= 15 is 0 Å². The Kier molecular flexibility index (Phi) is 8.36. The van der Waals surface area contributed by atoms with E-state index in [1.54, 1.807) is 0 Å². The summed E-state index contributed by atoms with van der Waals surface area (Å²) < 4.78 is 5.29. The smallest absolute Gasteiger partial charge is 0.159 e. The van der Waals surface area contributed by atoms with Gasteiger partial charge >= 0.3 is 0 Å². The zero-order valence-electron chi connectivity index (χ0n) is 36.5. The molecule has 0 fully saturated rings. The first-order valence-corrected chi connectivity index (χ1v) is 23.5. The summed E-state index contributed by atoms with van der Waals surface area (Å²) >= 11 is 0. The van der Waals surface area contributed by atoms with Gasteiger partial charge in [-0.15, -0.1) is 0 Å². The molecule has 2 aromatic heterocycles. The Morgan fingerprint density at radius 2 is 1.32 bits per heavy atom. The molecule has 5 nitrogen and oxygen atoms in total. The van der Waals surface area contributed by atoms with Crippen LogP contribution in [0.25, 0.3) is 72.8 Å². The SMILES string of the molecule is C1=CCC2C(=C1)C=c1c(c3c(n1-c1ccc(C4=NC(c5ccccc5)=NC(c5ccc6c(ccc7ccccc76)c5)N4)c4ccccc14)CCC=C3)=C2n1c2c(c3ccccc31)C=CCC2. The summed E-state index contributed by atoms with van der Waals surface area (Å²) in [5, 5.41) is 15.1. The van der Waals surface area contributed by atoms with E-state index in [-0.39, 0.29) is 12.1 Å². The van der Waals surface area contributed by atoms with E-state index in [1.165, 1.54) is 87.9 Å². The molecule has 9 aromatic rings. The molecule has 0 amide bonds. The van der Waals surface area contributed by atoms with E-state index in [9.17, 15) is 0 Å². The largest absolute Gasteiger partial charge is 0.344 e. The van der Waals surface area contributed by atoms with E-state index in [0.717, 1.165) is 65.9 Å². The van der Waals surface area contributed by atoms with Gasteiger partial charge in [0.2, 0.25) is 0 Å². The van der Waals surface area contributed by atoms with Gasteiger partial charge in [-0.25, -0.2) is 9.98 Å². The van der Waals surface area contributed by atoms with Crippen molar-refractivity contribution in [1.82, 2.24) is 14.5 Å². The molecule has 0 bridgehead atoms. The van der Waals surface area contributed by atoms with E-state index in [2.05, 4.69) is 203 Å². The van der Waals surface area contributed by atoms with Crippen LogP contribution in [0.1, 0.15) is 64.6 Å². The summed E-state index contributed by atoms with van der Waals surface area (Å²) in [6.07, 6.45) is 23.7. The van der Waals surface area contributed by atoms with Gasteiger partial charge in [-0.3, -0.25) is 0 Å². The summed E-state index contributed by atoms with van der Waals surface area (Å²) in [6.45, 7) is 0. The van der Waals surface area contributed by atoms with Crippen LogP contribution < -0.4 is 15.9 Å². The normalized spacial score (nSPS) is 18.3. The van der Waals surface area contributed by atoms with Crippen molar-refractivity contribution in [2.24, 2.45) is 15.9 Å². The topological polar surface area (TPSA) is 46.6 Å². The Morgan fingerprint density at radius 3 is 2.20 bits per heavy atom. The van der Waals surface area contributed by atoms with Crippen LogP contribution in [0.15, 0.2) is 192 Å². The number of hydrogen-bond donors (Lipinski definition) is 1. The maximum absolute atomic E-state index is 5.34. The fourth-order valence-electron chi connectivity index (χ4n) is 11.7. The van der Waals surface area contributed by atoms with Gasteiger partial charge in [-0.1, -0.05) is 164 Å². The molecule has 314 valence electrons. The van der Waals surface area contributed by atoms with Crippen molar-refractivity contribution in [3.05, 3.63) is 231 Å². The molecular weight excluding hydrogens is 803 g/mol. The monoisotopic (exact) mass is 847 g/mol. The van der Waals surface area contributed by atoms with Crippen molar-refractivity contribution in [2.75, 3.05) is 0 Å². The van der Waals surface area contributed by atoms with Crippen LogP contribution in [0.5, 0.6) is 0 Å². The van der Waals surface area contributed by atoms with Crippen LogP contribution in [0.4, 0.5) is 0 Å². The number of amidine groups is 2. The first-order chi connectivity index (χ1) is 32.7. The van der Waals surface area contributed by atoms with Crippen molar-refractivity contribution < 1.29 is 0 Å². The second-order valence-corrected chi connectivity index (χ2v) is 18.2. The Hall–Kier alpha value is -8.02. The number of benzene rings is 7. The lowest BCUT2D eigenvalue weighted by Crippen LogP contribution is -2.39. The fourth-order valence-corrected chi connectivity index (χ4v) is 11.7. The third kappa shape index (κ3) is 5.66. The highest BCUT2D eigenvalue weighted by Crippen LogP contribution is 2.41. The van der Waals surface area contributed by atoms with Crippen molar-refractivity contribution in [3.63, 3.8) is 0 Å². The number of aliphatic imine (C=N–C) groups is 2. The highest BCUT2D eigenvalue weighted by molar-refractivity contribution is 6.18. The van der Waals surface area contributed by atoms with Gasteiger partial charge < -0.3 is 14.5 Å². The lowest BCUT2D eigenvalue weighted by Gasteiger charge is -2.29. The third-order valence-corrected chi connectivity index (χ3v) is 14.6. The summed E-state index contributed by atoms with van der Waals surface area (Å²) in [5.41, 5.74) is 14.0. The van der Waals surface area contributed by atoms with Gasteiger partial charge in [-0.2, -0.15) is 0 Å². The zero-order valence-corrected chi connectivity index (χ0v) is 36.5. The lowest BCUT2D eigenvalue weighted by atomic mass is 9.83. The van der Waals surface area contributed by atoms with E-state index in [1.807, 2.05) is 6.07 Å². The Balaban J connectivity index is 0.974.